The Bertz CT molecular complexity index is 2230. The number of nitrogens with zero attached hydrogens (tertiary/aromatic N) is 6. The molecule has 46 heavy (non-hydrogen) atoms. The number of fused-ring (bicyclic) bond motifs is 4. The molecular weight excluding hydrogens is 568 g/mol. The number of anilines is 3. The molecule has 0 aliphatic carbocycles. The molecule has 0 saturated heterocycles. The van der Waals surface area contributed by atoms with Crippen molar-refractivity contribution in [2.24, 2.45) is 0 Å². The molecule has 7 aromatic rings. The van der Waals surface area contributed by atoms with Crippen LogP contribution in [0.25, 0.3) is 38.9 Å². The number of hydrogen-bond acceptors (Lipinski definition) is 6. The van der Waals surface area contributed by atoms with Crippen molar-refractivity contribution in [1.82, 2.24) is 19.5 Å². The molecule has 0 radical (unpaired) electrons. The van der Waals surface area contributed by atoms with E-state index in [1.807, 2.05) is 55.0 Å². The molecule has 1 aliphatic rings. The van der Waals surface area contributed by atoms with E-state index in [-0.39, 0.29) is 5.41 Å². The maximum atomic E-state index is 6.46. The predicted octanol–water partition coefficient (Wildman–Crippen LogP) is 9.27. The molecular formula is C39H34N6O. The van der Waals surface area contributed by atoms with Crippen LogP contribution in [0.4, 0.5) is 17.1 Å². The van der Waals surface area contributed by atoms with Crippen LogP contribution in [0.2, 0.25) is 0 Å². The quantitative estimate of drug-likeness (QED) is 0.196. The molecule has 0 bridgehead atoms. The Hall–Kier alpha value is -5.69. The van der Waals surface area contributed by atoms with Gasteiger partial charge in [0.1, 0.15) is 11.6 Å². The van der Waals surface area contributed by atoms with Crippen LogP contribution >= 0.6 is 0 Å². The third-order valence-electron chi connectivity index (χ3n) is 8.73. The molecule has 0 spiro atoms. The standard InChI is InChI=1S/C39H34N6O/c1-39(2,3)27-16-19-41-37(22-27)45-33-15-12-26(32-9-7-8-18-40-32)21-31(33)30-14-13-29(24-36(30)45)46-38-23-28(17-20-42-38)44-25-43(4)34-10-5-6-11-35(34)44/h5-24H,25H2,1-4H3. The first-order valence-corrected chi connectivity index (χ1v) is 15.5. The van der Waals surface area contributed by atoms with E-state index in [0.717, 1.165) is 51.2 Å². The van der Waals surface area contributed by atoms with Crippen molar-refractivity contribution in [2.75, 3.05) is 23.5 Å². The van der Waals surface area contributed by atoms with Gasteiger partial charge < -0.3 is 14.5 Å². The predicted molar refractivity (Wildman–Crippen MR) is 187 cm³/mol. The van der Waals surface area contributed by atoms with Crippen molar-refractivity contribution in [2.45, 2.75) is 26.2 Å². The van der Waals surface area contributed by atoms with Crippen LogP contribution < -0.4 is 14.5 Å². The SMILES string of the molecule is CN1CN(c2ccnc(Oc3ccc4c5cc(-c6ccccn6)ccc5n(-c5cc(C(C)(C)C)ccn5)c4c3)c2)c2ccccc21. The fourth-order valence-electron chi connectivity index (χ4n) is 6.35. The number of rotatable bonds is 5. The lowest BCUT2D eigenvalue weighted by Crippen LogP contribution is -2.23. The van der Waals surface area contributed by atoms with E-state index in [2.05, 4.69) is 119 Å². The third kappa shape index (κ3) is 4.81. The van der Waals surface area contributed by atoms with Crippen LogP contribution in [0, 0.1) is 0 Å². The Morgan fingerprint density at radius 3 is 2.33 bits per heavy atom. The van der Waals surface area contributed by atoms with E-state index in [1.54, 1.807) is 0 Å². The van der Waals surface area contributed by atoms with Crippen LogP contribution in [0.1, 0.15) is 26.3 Å². The van der Waals surface area contributed by atoms with Crippen LogP contribution in [0.5, 0.6) is 11.6 Å². The Balaban J connectivity index is 1.24. The molecule has 7 heteroatoms. The third-order valence-corrected chi connectivity index (χ3v) is 8.73. The molecule has 0 amide bonds. The zero-order valence-electron chi connectivity index (χ0n) is 26.3. The Kier molecular flexibility index (Phi) is 6.49. The van der Waals surface area contributed by atoms with Crippen molar-refractivity contribution >= 4 is 38.9 Å². The topological polar surface area (TPSA) is 59.3 Å². The summed E-state index contributed by atoms with van der Waals surface area (Å²) in [6, 6.07) is 35.5. The Morgan fingerprint density at radius 2 is 1.50 bits per heavy atom. The molecule has 0 N–H and O–H groups in total. The molecule has 0 unspecified atom stereocenters. The summed E-state index contributed by atoms with van der Waals surface area (Å²) in [6.45, 7) is 7.44. The Morgan fingerprint density at radius 1 is 0.674 bits per heavy atom. The summed E-state index contributed by atoms with van der Waals surface area (Å²) in [5, 5.41) is 2.24. The first kappa shape index (κ1) is 27.8. The largest absolute Gasteiger partial charge is 0.439 e. The summed E-state index contributed by atoms with van der Waals surface area (Å²) < 4.78 is 8.70. The van der Waals surface area contributed by atoms with Crippen LogP contribution in [-0.4, -0.2) is 33.2 Å². The van der Waals surface area contributed by atoms with Gasteiger partial charge in [0, 0.05) is 59.8 Å². The van der Waals surface area contributed by atoms with Gasteiger partial charge in [-0.05, 0) is 77.7 Å². The molecule has 0 atom stereocenters. The van der Waals surface area contributed by atoms with Gasteiger partial charge in [0.05, 0.1) is 34.8 Å². The summed E-state index contributed by atoms with van der Waals surface area (Å²) in [5.74, 6) is 2.11. The molecule has 5 heterocycles. The molecule has 3 aromatic carbocycles. The van der Waals surface area contributed by atoms with Crippen molar-refractivity contribution < 1.29 is 4.74 Å². The second-order valence-electron chi connectivity index (χ2n) is 12.8. The highest BCUT2D eigenvalue weighted by Crippen LogP contribution is 2.41. The van der Waals surface area contributed by atoms with Crippen LogP contribution in [-0.2, 0) is 5.41 Å². The average molecular weight is 603 g/mol. The van der Waals surface area contributed by atoms with Gasteiger partial charge in [0.15, 0.2) is 0 Å². The normalized spacial score (nSPS) is 13.0. The molecule has 7 nitrogen and oxygen atoms in total. The van der Waals surface area contributed by atoms with Gasteiger partial charge >= 0.3 is 0 Å². The van der Waals surface area contributed by atoms with Crippen molar-refractivity contribution in [3.63, 3.8) is 0 Å². The van der Waals surface area contributed by atoms with E-state index < -0.39 is 0 Å². The lowest BCUT2D eigenvalue weighted by Gasteiger charge is -2.20. The minimum Gasteiger partial charge on any atom is -0.439 e. The van der Waals surface area contributed by atoms with Crippen LogP contribution in [0.3, 0.4) is 0 Å². The van der Waals surface area contributed by atoms with Crippen molar-refractivity contribution in [3.05, 3.63) is 127 Å². The molecule has 0 fully saturated rings. The lowest BCUT2D eigenvalue weighted by atomic mass is 9.88. The minimum absolute atomic E-state index is 0.0157. The van der Waals surface area contributed by atoms with Gasteiger partial charge in [-0.15, -0.1) is 0 Å². The highest BCUT2D eigenvalue weighted by atomic mass is 16.5. The van der Waals surface area contributed by atoms with Gasteiger partial charge in [0.2, 0.25) is 5.88 Å². The van der Waals surface area contributed by atoms with E-state index >= 15 is 0 Å². The van der Waals surface area contributed by atoms with Crippen molar-refractivity contribution in [3.8, 4) is 28.7 Å². The number of ether oxygens (including phenoxy) is 1. The smallest absolute Gasteiger partial charge is 0.221 e. The maximum Gasteiger partial charge on any atom is 0.221 e. The number of aromatic nitrogens is 4. The summed E-state index contributed by atoms with van der Waals surface area (Å²) in [4.78, 5) is 18.6. The number of pyridine rings is 3. The summed E-state index contributed by atoms with van der Waals surface area (Å²) in [7, 11) is 2.11. The number of benzene rings is 3. The second kappa shape index (κ2) is 10.7. The van der Waals surface area contributed by atoms with E-state index in [9.17, 15) is 0 Å². The first-order valence-electron chi connectivity index (χ1n) is 15.5. The highest BCUT2D eigenvalue weighted by Gasteiger charge is 2.24. The fraction of sp³-hybridized carbons (Fsp3) is 0.154. The van der Waals surface area contributed by atoms with Gasteiger partial charge in [-0.1, -0.05) is 45.0 Å². The molecule has 8 rings (SSSR count). The van der Waals surface area contributed by atoms with E-state index in [4.69, 9.17) is 9.72 Å². The van der Waals surface area contributed by atoms with Gasteiger partial charge in [-0.2, -0.15) is 0 Å². The summed E-state index contributed by atoms with van der Waals surface area (Å²) in [5.41, 5.74) is 8.70. The lowest BCUT2D eigenvalue weighted by molar-refractivity contribution is 0.463. The van der Waals surface area contributed by atoms with Gasteiger partial charge in [-0.3, -0.25) is 9.55 Å². The van der Waals surface area contributed by atoms with Gasteiger partial charge in [-0.25, -0.2) is 9.97 Å². The Labute approximate surface area is 268 Å². The maximum absolute atomic E-state index is 6.46. The van der Waals surface area contributed by atoms with E-state index in [1.165, 1.54) is 16.9 Å². The van der Waals surface area contributed by atoms with Crippen LogP contribution in [0.15, 0.2) is 122 Å². The molecule has 226 valence electrons. The molecule has 1 aliphatic heterocycles. The zero-order valence-corrected chi connectivity index (χ0v) is 26.3. The summed E-state index contributed by atoms with van der Waals surface area (Å²) >= 11 is 0. The van der Waals surface area contributed by atoms with E-state index in [0.29, 0.717) is 11.6 Å². The first-order chi connectivity index (χ1) is 22.3. The number of para-hydroxylation sites is 2. The fourth-order valence-corrected chi connectivity index (χ4v) is 6.35. The molecule has 0 saturated carbocycles. The zero-order chi connectivity index (χ0) is 31.4. The van der Waals surface area contributed by atoms with Crippen molar-refractivity contribution in [1.29, 1.82) is 0 Å². The van der Waals surface area contributed by atoms with Gasteiger partial charge in [0.25, 0.3) is 0 Å². The molecule has 4 aromatic heterocycles. The monoisotopic (exact) mass is 602 g/mol. The average Bonchev–Trinajstić information content (AvgIpc) is 3.59. The minimum atomic E-state index is -0.0157. The number of hydrogen-bond donors (Lipinski definition) is 0. The summed E-state index contributed by atoms with van der Waals surface area (Å²) in [6.07, 6.45) is 5.54. The second-order valence-corrected chi connectivity index (χ2v) is 12.8. The highest BCUT2D eigenvalue weighted by molar-refractivity contribution is 6.10.